The van der Waals surface area contributed by atoms with Crippen molar-refractivity contribution in [3.63, 3.8) is 0 Å². The van der Waals surface area contributed by atoms with Crippen molar-refractivity contribution in [3.05, 3.63) is 70.8 Å². The number of rotatable bonds is 7. The highest BCUT2D eigenvalue weighted by Gasteiger charge is 2.17. The van der Waals surface area contributed by atoms with Gasteiger partial charge in [0.2, 0.25) is 5.91 Å². The number of aromatic nitrogens is 3. The molecular formula is C23H22N4O4. The van der Waals surface area contributed by atoms with Gasteiger partial charge in [-0.15, -0.1) is 0 Å². The predicted octanol–water partition coefficient (Wildman–Crippen LogP) is 3.79. The molecule has 8 heteroatoms. The van der Waals surface area contributed by atoms with Crippen LogP contribution in [0, 0.1) is 6.92 Å². The summed E-state index contributed by atoms with van der Waals surface area (Å²) >= 11 is 0. The van der Waals surface area contributed by atoms with Crippen molar-refractivity contribution in [3.8, 4) is 17.0 Å². The topological polar surface area (TPSA) is 99.2 Å². The highest BCUT2D eigenvalue weighted by molar-refractivity contribution is 5.91. The zero-order valence-corrected chi connectivity index (χ0v) is 17.3. The minimum absolute atomic E-state index is 0.117. The molecule has 0 fully saturated rings. The van der Waals surface area contributed by atoms with Gasteiger partial charge in [0.15, 0.2) is 0 Å². The molecule has 0 aliphatic rings. The first-order valence-corrected chi connectivity index (χ1v) is 9.99. The van der Waals surface area contributed by atoms with E-state index in [0.717, 1.165) is 16.9 Å². The monoisotopic (exact) mass is 418 g/mol. The van der Waals surface area contributed by atoms with Crippen molar-refractivity contribution >= 4 is 22.7 Å². The van der Waals surface area contributed by atoms with Gasteiger partial charge < -0.3 is 14.6 Å². The molecule has 0 radical (unpaired) electrons. The standard InChI is InChI=1S/C23H22N4O4/c1-3-30-18-10-8-17(9-11-18)25-19(28)12-13-27-14-24-22-20(23(27)29)21(26-31-22)16-6-4-15(2)5-7-16/h4-11,14H,3,12-13H2,1-2H3,(H,25,28). The Hall–Kier alpha value is -3.94. The molecule has 31 heavy (non-hydrogen) atoms. The van der Waals surface area contributed by atoms with E-state index in [9.17, 15) is 9.59 Å². The Balaban J connectivity index is 1.49. The van der Waals surface area contributed by atoms with Crippen molar-refractivity contribution in [2.75, 3.05) is 11.9 Å². The number of nitrogens with one attached hydrogen (secondary N) is 1. The lowest BCUT2D eigenvalue weighted by Crippen LogP contribution is -2.23. The van der Waals surface area contributed by atoms with Crippen molar-refractivity contribution < 1.29 is 14.1 Å². The number of carbonyl (C=O) groups is 1. The number of ether oxygens (including phenoxy) is 1. The van der Waals surface area contributed by atoms with Crippen LogP contribution in [0.25, 0.3) is 22.4 Å². The van der Waals surface area contributed by atoms with Crippen LogP contribution in [0.2, 0.25) is 0 Å². The van der Waals surface area contributed by atoms with E-state index in [1.807, 2.05) is 38.1 Å². The molecule has 4 rings (SSSR count). The molecule has 0 bridgehead atoms. The maximum Gasteiger partial charge on any atom is 0.266 e. The van der Waals surface area contributed by atoms with Crippen molar-refractivity contribution in [2.24, 2.45) is 0 Å². The normalized spacial score (nSPS) is 10.9. The summed E-state index contributed by atoms with van der Waals surface area (Å²) in [5.41, 5.74) is 2.86. The lowest BCUT2D eigenvalue weighted by molar-refractivity contribution is -0.116. The number of anilines is 1. The van der Waals surface area contributed by atoms with E-state index in [1.165, 1.54) is 10.9 Å². The number of amides is 1. The Morgan fingerprint density at radius 3 is 2.58 bits per heavy atom. The van der Waals surface area contributed by atoms with Crippen LogP contribution in [-0.2, 0) is 11.3 Å². The summed E-state index contributed by atoms with van der Waals surface area (Å²) < 4.78 is 12.0. The first kappa shape index (κ1) is 20.3. The summed E-state index contributed by atoms with van der Waals surface area (Å²) in [6, 6.07) is 14.8. The second kappa shape index (κ2) is 8.83. The number of carbonyl (C=O) groups excluding carboxylic acids is 1. The fourth-order valence-electron chi connectivity index (χ4n) is 3.19. The van der Waals surface area contributed by atoms with Gasteiger partial charge in [0.1, 0.15) is 23.2 Å². The number of fused-ring (bicyclic) bond motifs is 1. The molecule has 1 N–H and O–H groups in total. The molecule has 2 aromatic carbocycles. The molecule has 1 amide bonds. The first-order chi connectivity index (χ1) is 15.0. The number of aryl methyl sites for hydroxylation is 2. The minimum Gasteiger partial charge on any atom is -0.494 e. The van der Waals surface area contributed by atoms with Gasteiger partial charge in [-0.05, 0) is 38.1 Å². The van der Waals surface area contributed by atoms with E-state index in [2.05, 4.69) is 15.5 Å². The Bertz CT molecular complexity index is 1260. The van der Waals surface area contributed by atoms with Crippen LogP contribution >= 0.6 is 0 Å². The van der Waals surface area contributed by atoms with Gasteiger partial charge in [-0.3, -0.25) is 14.2 Å². The van der Waals surface area contributed by atoms with Gasteiger partial charge in [0.25, 0.3) is 11.3 Å². The molecule has 2 aromatic heterocycles. The summed E-state index contributed by atoms with van der Waals surface area (Å²) in [7, 11) is 0. The quantitative estimate of drug-likeness (QED) is 0.490. The second-order valence-corrected chi connectivity index (χ2v) is 7.08. The van der Waals surface area contributed by atoms with Gasteiger partial charge in [0, 0.05) is 24.2 Å². The average Bonchev–Trinajstić information content (AvgIpc) is 3.20. The van der Waals surface area contributed by atoms with Crippen molar-refractivity contribution in [2.45, 2.75) is 26.8 Å². The molecule has 2 heterocycles. The fraction of sp³-hybridized carbons (Fsp3) is 0.217. The van der Waals surface area contributed by atoms with Gasteiger partial charge >= 0.3 is 0 Å². The molecule has 8 nitrogen and oxygen atoms in total. The number of nitrogens with zero attached hydrogens (tertiary/aromatic N) is 3. The Morgan fingerprint density at radius 1 is 1.13 bits per heavy atom. The van der Waals surface area contributed by atoms with Crippen LogP contribution in [0.1, 0.15) is 18.9 Å². The van der Waals surface area contributed by atoms with Crippen molar-refractivity contribution in [1.82, 2.24) is 14.7 Å². The van der Waals surface area contributed by atoms with E-state index in [-0.39, 0.29) is 30.1 Å². The van der Waals surface area contributed by atoms with Crippen LogP contribution in [0.15, 0.2) is 64.2 Å². The van der Waals surface area contributed by atoms with Crippen LogP contribution in [-0.4, -0.2) is 27.2 Å². The van der Waals surface area contributed by atoms with Gasteiger partial charge in [-0.2, -0.15) is 0 Å². The highest BCUT2D eigenvalue weighted by atomic mass is 16.5. The average molecular weight is 418 g/mol. The Kier molecular flexibility index (Phi) is 5.79. The van der Waals surface area contributed by atoms with Gasteiger partial charge in [-0.1, -0.05) is 35.0 Å². The lowest BCUT2D eigenvalue weighted by Gasteiger charge is -2.08. The van der Waals surface area contributed by atoms with E-state index in [4.69, 9.17) is 9.26 Å². The Labute approximate surface area is 178 Å². The summed E-state index contributed by atoms with van der Waals surface area (Å²) in [5.74, 6) is 0.532. The zero-order chi connectivity index (χ0) is 21.8. The minimum atomic E-state index is -0.296. The molecule has 4 aromatic rings. The third-order valence-corrected chi connectivity index (χ3v) is 4.82. The summed E-state index contributed by atoms with van der Waals surface area (Å²) in [4.78, 5) is 29.5. The number of benzene rings is 2. The van der Waals surface area contributed by atoms with E-state index < -0.39 is 0 Å². The van der Waals surface area contributed by atoms with Crippen LogP contribution in [0.4, 0.5) is 5.69 Å². The maximum atomic E-state index is 13.0. The molecule has 0 saturated heterocycles. The van der Waals surface area contributed by atoms with Gasteiger partial charge in [-0.25, -0.2) is 4.98 Å². The third kappa shape index (κ3) is 4.48. The largest absolute Gasteiger partial charge is 0.494 e. The van der Waals surface area contributed by atoms with Crippen LogP contribution < -0.4 is 15.6 Å². The van der Waals surface area contributed by atoms with E-state index in [0.29, 0.717) is 23.4 Å². The molecule has 0 saturated carbocycles. The fourth-order valence-corrected chi connectivity index (χ4v) is 3.19. The lowest BCUT2D eigenvalue weighted by atomic mass is 10.1. The molecule has 0 aliphatic carbocycles. The molecule has 0 spiro atoms. The third-order valence-electron chi connectivity index (χ3n) is 4.82. The second-order valence-electron chi connectivity index (χ2n) is 7.08. The van der Waals surface area contributed by atoms with E-state index in [1.54, 1.807) is 24.3 Å². The molecule has 0 aliphatic heterocycles. The Morgan fingerprint density at radius 2 is 1.87 bits per heavy atom. The molecular weight excluding hydrogens is 396 g/mol. The van der Waals surface area contributed by atoms with Gasteiger partial charge in [0.05, 0.1) is 6.61 Å². The van der Waals surface area contributed by atoms with E-state index >= 15 is 0 Å². The summed E-state index contributed by atoms with van der Waals surface area (Å²) in [5, 5.41) is 7.15. The number of hydrogen-bond donors (Lipinski definition) is 1. The predicted molar refractivity (Wildman–Crippen MR) is 117 cm³/mol. The van der Waals surface area contributed by atoms with Crippen molar-refractivity contribution in [1.29, 1.82) is 0 Å². The van der Waals surface area contributed by atoms with Crippen LogP contribution in [0.5, 0.6) is 5.75 Å². The maximum absolute atomic E-state index is 13.0. The highest BCUT2D eigenvalue weighted by Crippen LogP contribution is 2.24. The molecule has 158 valence electrons. The smallest absolute Gasteiger partial charge is 0.266 e. The van der Waals surface area contributed by atoms with Crippen LogP contribution in [0.3, 0.4) is 0 Å². The molecule has 0 unspecified atom stereocenters. The molecule has 0 atom stereocenters. The first-order valence-electron chi connectivity index (χ1n) is 9.99. The SMILES string of the molecule is CCOc1ccc(NC(=O)CCn2cnc3onc(-c4ccc(C)cc4)c3c2=O)cc1. The summed E-state index contributed by atoms with van der Waals surface area (Å²) in [6.07, 6.45) is 1.49. The summed E-state index contributed by atoms with van der Waals surface area (Å²) in [6.45, 7) is 4.66. The number of hydrogen-bond acceptors (Lipinski definition) is 6. The zero-order valence-electron chi connectivity index (χ0n) is 17.3.